The molecule has 0 aliphatic heterocycles. The number of hydrogen-bond donors (Lipinski definition) is 2. The lowest BCUT2D eigenvalue weighted by atomic mass is 10.1. The highest BCUT2D eigenvalue weighted by Gasteiger charge is 2.11. The van der Waals surface area contributed by atoms with Gasteiger partial charge in [-0.3, -0.25) is 0 Å². The van der Waals surface area contributed by atoms with Crippen LogP contribution in [0.25, 0.3) is 32.4 Å². The van der Waals surface area contributed by atoms with Crippen LogP contribution in [0, 0.1) is 0 Å². The number of fused-ring (bicyclic) bond motifs is 2. The van der Waals surface area contributed by atoms with Gasteiger partial charge in [-0.1, -0.05) is 30.3 Å². The van der Waals surface area contributed by atoms with Gasteiger partial charge in [-0.05, 0) is 48.0 Å². The second-order valence-corrected chi connectivity index (χ2v) is 13.1. The van der Waals surface area contributed by atoms with Crippen molar-refractivity contribution < 1.29 is 8.42 Å². The average molecular weight is 569 g/mol. The zero-order chi connectivity index (χ0) is 27.5. The Hall–Kier alpha value is -4.12. The van der Waals surface area contributed by atoms with Crippen molar-refractivity contribution in [1.29, 1.82) is 0 Å². The van der Waals surface area contributed by atoms with E-state index in [4.69, 9.17) is 0 Å². The number of thiazole rings is 1. The van der Waals surface area contributed by atoms with Gasteiger partial charge in [0.25, 0.3) is 0 Å². The van der Waals surface area contributed by atoms with E-state index in [1.165, 1.54) is 17.3 Å². The third kappa shape index (κ3) is 6.04. The topological polar surface area (TPSA) is 102 Å². The first-order valence-electron chi connectivity index (χ1n) is 12.9. The van der Waals surface area contributed by atoms with Crippen molar-refractivity contribution in [2.24, 2.45) is 0 Å². The summed E-state index contributed by atoms with van der Waals surface area (Å²) >= 11 is 1.58. The fraction of sp³-hybridized carbons (Fsp3) is 0.167. The Labute approximate surface area is 236 Å². The molecule has 0 unspecified atom stereocenters. The molecular formula is C30H28N6O2S2. The Kier molecular flexibility index (Phi) is 7.29. The predicted octanol–water partition coefficient (Wildman–Crippen LogP) is 5.63. The molecule has 202 valence electrons. The van der Waals surface area contributed by atoms with Gasteiger partial charge in [0, 0.05) is 70.7 Å². The molecule has 0 bridgehead atoms. The Balaban J connectivity index is 1.21. The van der Waals surface area contributed by atoms with Crippen LogP contribution in [0.4, 0.5) is 11.5 Å². The normalized spacial score (nSPS) is 11.8. The van der Waals surface area contributed by atoms with Crippen LogP contribution in [0.3, 0.4) is 0 Å². The summed E-state index contributed by atoms with van der Waals surface area (Å²) < 4.78 is 24.9. The lowest BCUT2D eigenvalue weighted by Gasteiger charge is -2.10. The van der Waals surface area contributed by atoms with E-state index in [-0.39, 0.29) is 5.75 Å². The highest BCUT2D eigenvalue weighted by molar-refractivity contribution is 7.90. The highest BCUT2D eigenvalue weighted by Crippen LogP contribution is 2.31. The van der Waals surface area contributed by atoms with Crippen molar-refractivity contribution in [3.63, 3.8) is 0 Å². The lowest BCUT2D eigenvalue weighted by molar-refractivity contribution is 0.596. The number of nitrogens with one attached hydrogen (secondary N) is 2. The lowest BCUT2D eigenvalue weighted by Crippen LogP contribution is -2.21. The van der Waals surface area contributed by atoms with Crippen molar-refractivity contribution in [3.05, 3.63) is 102 Å². The molecule has 40 heavy (non-hydrogen) atoms. The molecule has 6 aromatic rings. The first kappa shape index (κ1) is 26.1. The summed E-state index contributed by atoms with van der Waals surface area (Å²) in [5.41, 5.74) is 5.21. The second-order valence-electron chi connectivity index (χ2n) is 9.72. The van der Waals surface area contributed by atoms with Crippen molar-refractivity contribution in [1.82, 2.24) is 24.8 Å². The molecule has 10 heteroatoms. The molecule has 3 aromatic carbocycles. The van der Waals surface area contributed by atoms with Crippen LogP contribution in [-0.2, 0) is 22.9 Å². The van der Waals surface area contributed by atoms with Crippen molar-refractivity contribution >= 4 is 54.5 Å². The van der Waals surface area contributed by atoms with Crippen LogP contribution in [0.15, 0.2) is 91.5 Å². The maximum absolute atomic E-state index is 11.3. The van der Waals surface area contributed by atoms with Gasteiger partial charge in [-0.2, -0.15) is 0 Å². The van der Waals surface area contributed by atoms with Crippen LogP contribution in [0.1, 0.15) is 10.4 Å². The van der Waals surface area contributed by atoms with Crippen LogP contribution < -0.4 is 10.6 Å². The number of aromatic nitrogens is 4. The Morgan fingerprint density at radius 1 is 0.950 bits per heavy atom. The summed E-state index contributed by atoms with van der Waals surface area (Å²) in [6.45, 7) is 1.82. The van der Waals surface area contributed by atoms with Gasteiger partial charge in [0.1, 0.15) is 27.0 Å². The average Bonchev–Trinajstić information content (AvgIpc) is 3.58. The third-order valence-electron chi connectivity index (χ3n) is 6.61. The molecule has 0 saturated carbocycles. The van der Waals surface area contributed by atoms with Crippen LogP contribution in [-0.4, -0.2) is 46.5 Å². The molecule has 0 radical (unpaired) electrons. The smallest absolute Gasteiger partial charge is 0.148 e. The number of rotatable bonds is 10. The fourth-order valence-electron chi connectivity index (χ4n) is 4.61. The van der Waals surface area contributed by atoms with Gasteiger partial charge in [0.05, 0.1) is 11.3 Å². The number of nitrogens with zero attached hydrogens (tertiary/aromatic N) is 4. The number of anilines is 2. The van der Waals surface area contributed by atoms with Crippen molar-refractivity contribution in [3.8, 4) is 10.6 Å². The summed E-state index contributed by atoms with van der Waals surface area (Å²) in [5.74, 6) is 0.847. The van der Waals surface area contributed by atoms with Gasteiger partial charge in [-0.25, -0.2) is 23.4 Å². The number of benzene rings is 3. The second kappa shape index (κ2) is 11.2. The van der Waals surface area contributed by atoms with E-state index in [0.29, 0.717) is 13.1 Å². The van der Waals surface area contributed by atoms with Gasteiger partial charge in [0.15, 0.2) is 0 Å². The van der Waals surface area contributed by atoms with E-state index in [9.17, 15) is 8.42 Å². The summed E-state index contributed by atoms with van der Waals surface area (Å²) in [6, 6.07) is 25.0. The molecular weight excluding hydrogens is 541 g/mol. The van der Waals surface area contributed by atoms with Crippen molar-refractivity contribution in [2.75, 3.05) is 23.9 Å². The first-order valence-corrected chi connectivity index (χ1v) is 15.8. The number of sulfone groups is 1. The molecule has 0 atom stereocenters. The summed E-state index contributed by atoms with van der Waals surface area (Å²) in [4.78, 5) is 14.6. The van der Waals surface area contributed by atoms with Crippen LogP contribution in [0.5, 0.6) is 0 Å². The molecule has 2 N–H and O–H groups in total. The minimum atomic E-state index is -2.98. The largest absolute Gasteiger partial charge is 0.343 e. The zero-order valence-electron chi connectivity index (χ0n) is 21.9. The Bertz CT molecular complexity index is 1900. The molecule has 0 saturated heterocycles. The highest BCUT2D eigenvalue weighted by atomic mass is 32.2. The van der Waals surface area contributed by atoms with Gasteiger partial charge in [-0.15, -0.1) is 11.3 Å². The molecule has 0 aliphatic rings. The van der Waals surface area contributed by atoms with Crippen LogP contribution >= 0.6 is 11.3 Å². The van der Waals surface area contributed by atoms with E-state index in [0.717, 1.165) is 49.8 Å². The summed E-state index contributed by atoms with van der Waals surface area (Å²) in [6.07, 6.45) is 6.77. The standard InChI is InChI=1S/C30H28N6O2S2/c1-40(37,38)14-12-31-17-25-18-32-30(39-25)23-7-9-27-26(16-23)29(34-20-33-27)35-24-8-10-28-22(15-24)11-13-36(28)19-21-5-3-2-4-6-21/h2-11,13,15-16,18,20,31H,12,14,17,19H2,1H3,(H,33,34,35). The number of hydrogen-bond acceptors (Lipinski definition) is 8. The minimum Gasteiger partial charge on any atom is -0.343 e. The maximum atomic E-state index is 11.3. The van der Waals surface area contributed by atoms with Gasteiger partial charge < -0.3 is 15.2 Å². The molecule has 3 aromatic heterocycles. The molecule has 8 nitrogen and oxygen atoms in total. The Morgan fingerprint density at radius 3 is 2.67 bits per heavy atom. The molecule has 0 aliphatic carbocycles. The third-order valence-corrected chi connectivity index (χ3v) is 8.61. The molecule has 3 heterocycles. The minimum absolute atomic E-state index is 0.117. The summed E-state index contributed by atoms with van der Waals surface area (Å²) in [5, 5.41) is 9.61. The SMILES string of the molecule is CS(=O)(=O)CCNCc1cnc(-c2ccc3ncnc(Nc4ccc5c(ccn5Cc5ccccc5)c4)c3c2)s1. The van der Waals surface area contributed by atoms with E-state index in [1.807, 2.05) is 24.4 Å². The monoisotopic (exact) mass is 568 g/mol. The van der Waals surface area contributed by atoms with Gasteiger partial charge >= 0.3 is 0 Å². The fourth-order valence-corrected chi connectivity index (χ4v) is 6.01. The maximum Gasteiger partial charge on any atom is 0.148 e. The Morgan fingerprint density at radius 2 is 1.82 bits per heavy atom. The quantitative estimate of drug-likeness (QED) is 0.206. The molecule has 0 amide bonds. The molecule has 6 rings (SSSR count). The van der Waals surface area contributed by atoms with E-state index >= 15 is 0 Å². The molecule has 0 fully saturated rings. The zero-order valence-corrected chi connectivity index (χ0v) is 23.5. The van der Waals surface area contributed by atoms with Crippen molar-refractivity contribution in [2.45, 2.75) is 13.1 Å². The summed E-state index contributed by atoms with van der Waals surface area (Å²) in [7, 11) is -2.98. The molecule has 0 spiro atoms. The van der Waals surface area contributed by atoms with E-state index in [2.05, 4.69) is 90.9 Å². The van der Waals surface area contributed by atoms with Gasteiger partial charge in [0.2, 0.25) is 0 Å². The van der Waals surface area contributed by atoms with Crippen LogP contribution in [0.2, 0.25) is 0 Å². The van der Waals surface area contributed by atoms with E-state index in [1.54, 1.807) is 17.7 Å². The predicted molar refractivity (Wildman–Crippen MR) is 163 cm³/mol. The van der Waals surface area contributed by atoms with E-state index < -0.39 is 9.84 Å². The first-order chi connectivity index (χ1) is 19.4.